The number of aliphatic hydroxyl groups is 1. The van der Waals surface area contributed by atoms with E-state index in [1.54, 1.807) is 19.3 Å². The SMILES string of the molecule is CC(O)C(C)c1ncc[nH]1. The molecule has 1 aromatic rings. The van der Waals surface area contributed by atoms with Gasteiger partial charge in [-0.1, -0.05) is 6.92 Å². The number of H-pyrrole nitrogens is 1. The van der Waals surface area contributed by atoms with Crippen molar-refractivity contribution < 1.29 is 5.11 Å². The van der Waals surface area contributed by atoms with Crippen molar-refractivity contribution in [3.8, 4) is 0 Å². The third kappa shape index (κ3) is 1.36. The zero-order valence-electron chi connectivity index (χ0n) is 6.20. The van der Waals surface area contributed by atoms with E-state index < -0.39 is 0 Å². The van der Waals surface area contributed by atoms with Crippen molar-refractivity contribution in [1.29, 1.82) is 0 Å². The summed E-state index contributed by atoms with van der Waals surface area (Å²) in [5, 5.41) is 9.13. The van der Waals surface area contributed by atoms with Gasteiger partial charge in [-0.25, -0.2) is 4.98 Å². The molecule has 1 aromatic heterocycles. The highest BCUT2D eigenvalue weighted by Gasteiger charge is 2.12. The average Bonchev–Trinajstić information content (AvgIpc) is 2.36. The monoisotopic (exact) mass is 140 g/mol. The predicted octanol–water partition coefficient (Wildman–Crippen LogP) is 0.894. The topological polar surface area (TPSA) is 48.9 Å². The summed E-state index contributed by atoms with van der Waals surface area (Å²) in [6, 6.07) is 0. The first kappa shape index (κ1) is 7.28. The molecule has 1 rings (SSSR count). The molecule has 0 spiro atoms. The largest absolute Gasteiger partial charge is 0.393 e. The molecule has 56 valence electrons. The molecule has 0 amide bonds. The molecular weight excluding hydrogens is 128 g/mol. The second-order valence-electron chi connectivity index (χ2n) is 2.50. The van der Waals surface area contributed by atoms with Crippen LogP contribution in [0.25, 0.3) is 0 Å². The lowest BCUT2D eigenvalue weighted by Crippen LogP contribution is -2.12. The van der Waals surface area contributed by atoms with Crippen molar-refractivity contribution >= 4 is 0 Å². The Morgan fingerprint density at radius 2 is 2.30 bits per heavy atom. The van der Waals surface area contributed by atoms with Gasteiger partial charge < -0.3 is 10.1 Å². The summed E-state index contributed by atoms with van der Waals surface area (Å²) in [5.74, 6) is 0.935. The van der Waals surface area contributed by atoms with Crippen LogP contribution in [0.3, 0.4) is 0 Å². The molecule has 2 N–H and O–H groups in total. The van der Waals surface area contributed by atoms with Crippen LogP contribution in [0.15, 0.2) is 12.4 Å². The standard InChI is InChI=1S/C7H12N2O/c1-5(6(2)10)7-8-3-4-9-7/h3-6,10H,1-2H3,(H,8,9). The summed E-state index contributed by atoms with van der Waals surface area (Å²) in [5.41, 5.74) is 0. The van der Waals surface area contributed by atoms with Crippen molar-refractivity contribution in [3.63, 3.8) is 0 Å². The number of nitrogens with one attached hydrogen (secondary N) is 1. The van der Waals surface area contributed by atoms with E-state index in [0.717, 1.165) is 5.82 Å². The molecule has 10 heavy (non-hydrogen) atoms. The minimum Gasteiger partial charge on any atom is -0.393 e. The van der Waals surface area contributed by atoms with Crippen LogP contribution in [0.2, 0.25) is 0 Å². The Kier molecular flexibility index (Phi) is 2.06. The van der Waals surface area contributed by atoms with Crippen LogP contribution in [0, 0.1) is 0 Å². The normalized spacial score (nSPS) is 16.7. The van der Waals surface area contributed by atoms with E-state index in [1.165, 1.54) is 0 Å². The van der Waals surface area contributed by atoms with Gasteiger partial charge >= 0.3 is 0 Å². The lowest BCUT2D eigenvalue weighted by atomic mass is 10.1. The summed E-state index contributed by atoms with van der Waals surface area (Å²) < 4.78 is 0. The summed E-state index contributed by atoms with van der Waals surface area (Å²) >= 11 is 0. The second-order valence-corrected chi connectivity index (χ2v) is 2.50. The average molecular weight is 140 g/mol. The van der Waals surface area contributed by atoms with Gasteiger partial charge in [-0.05, 0) is 6.92 Å². The van der Waals surface area contributed by atoms with E-state index in [0.29, 0.717) is 0 Å². The highest BCUT2D eigenvalue weighted by molar-refractivity contribution is 4.96. The maximum atomic E-state index is 9.13. The number of imidazole rings is 1. The Morgan fingerprint density at radius 3 is 2.70 bits per heavy atom. The van der Waals surface area contributed by atoms with Crippen molar-refractivity contribution in [1.82, 2.24) is 9.97 Å². The van der Waals surface area contributed by atoms with Crippen LogP contribution < -0.4 is 0 Å². The minimum absolute atomic E-state index is 0.0926. The number of rotatable bonds is 2. The summed E-state index contributed by atoms with van der Waals surface area (Å²) in [6.45, 7) is 3.69. The van der Waals surface area contributed by atoms with Crippen molar-refractivity contribution in [2.75, 3.05) is 0 Å². The molecule has 2 unspecified atom stereocenters. The Hall–Kier alpha value is -0.830. The minimum atomic E-state index is -0.342. The van der Waals surface area contributed by atoms with Crippen LogP contribution in [-0.4, -0.2) is 21.2 Å². The number of hydrogen-bond acceptors (Lipinski definition) is 2. The first-order valence-corrected chi connectivity index (χ1v) is 3.39. The van der Waals surface area contributed by atoms with E-state index in [-0.39, 0.29) is 12.0 Å². The van der Waals surface area contributed by atoms with Gasteiger partial charge in [0.2, 0.25) is 0 Å². The van der Waals surface area contributed by atoms with Crippen LogP contribution in [0.5, 0.6) is 0 Å². The molecule has 0 bridgehead atoms. The lowest BCUT2D eigenvalue weighted by molar-refractivity contribution is 0.166. The third-order valence-electron chi connectivity index (χ3n) is 1.67. The van der Waals surface area contributed by atoms with Gasteiger partial charge in [-0.3, -0.25) is 0 Å². The van der Waals surface area contributed by atoms with Gasteiger partial charge in [0, 0.05) is 18.3 Å². The first-order valence-electron chi connectivity index (χ1n) is 3.39. The molecule has 0 aliphatic rings. The molecule has 0 aliphatic carbocycles. The highest BCUT2D eigenvalue weighted by Crippen LogP contribution is 2.13. The third-order valence-corrected chi connectivity index (χ3v) is 1.67. The van der Waals surface area contributed by atoms with Crippen LogP contribution in [0.1, 0.15) is 25.6 Å². The fourth-order valence-corrected chi connectivity index (χ4v) is 0.755. The Bertz CT molecular complexity index is 181. The molecular formula is C7H12N2O. The highest BCUT2D eigenvalue weighted by atomic mass is 16.3. The molecule has 0 saturated heterocycles. The van der Waals surface area contributed by atoms with Crippen LogP contribution >= 0.6 is 0 Å². The summed E-state index contributed by atoms with van der Waals surface area (Å²) in [4.78, 5) is 6.97. The van der Waals surface area contributed by atoms with Crippen molar-refractivity contribution in [2.24, 2.45) is 0 Å². The zero-order valence-corrected chi connectivity index (χ0v) is 6.20. The second kappa shape index (κ2) is 2.84. The maximum Gasteiger partial charge on any atom is 0.111 e. The van der Waals surface area contributed by atoms with E-state index in [9.17, 15) is 0 Å². The van der Waals surface area contributed by atoms with E-state index in [1.807, 2.05) is 6.92 Å². The van der Waals surface area contributed by atoms with Crippen molar-refractivity contribution in [3.05, 3.63) is 18.2 Å². The number of aromatic nitrogens is 2. The van der Waals surface area contributed by atoms with Gasteiger partial charge in [0.05, 0.1) is 6.10 Å². The lowest BCUT2D eigenvalue weighted by Gasteiger charge is -2.10. The summed E-state index contributed by atoms with van der Waals surface area (Å²) in [6.07, 6.45) is 3.11. The van der Waals surface area contributed by atoms with Gasteiger partial charge in [0.15, 0.2) is 0 Å². The molecule has 0 radical (unpaired) electrons. The quantitative estimate of drug-likeness (QED) is 0.641. The molecule has 0 aliphatic heterocycles. The zero-order chi connectivity index (χ0) is 7.56. The maximum absolute atomic E-state index is 9.13. The van der Waals surface area contributed by atoms with Gasteiger partial charge in [0.1, 0.15) is 5.82 Å². The van der Waals surface area contributed by atoms with Gasteiger partial charge in [0.25, 0.3) is 0 Å². The molecule has 3 heteroatoms. The fraction of sp³-hybridized carbons (Fsp3) is 0.571. The molecule has 3 nitrogen and oxygen atoms in total. The van der Waals surface area contributed by atoms with Crippen LogP contribution in [0.4, 0.5) is 0 Å². The first-order chi connectivity index (χ1) is 4.72. The van der Waals surface area contributed by atoms with E-state index in [4.69, 9.17) is 5.11 Å². The van der Waals surface area contributed by atoms with E-state index in [2.05, 4.69) is 9.97 Å². The Morgan fingerprint density at radius 1 is 1.60 bits per heavy atom. The van der Waals surface area contributed by atoms with E-state index >= 15 is 0 Å². The Balaban J connectivity index is 2.68. The molecule has 1 heterocycles. The van der Waals surface area contributed by atoms with Gasteiger partial charge in [-0.15, -0.1) is 0 Å². The van der Waals surface area contributed by atoms with Crippen molar-refractivity contribution in [2.45, 2.75) is 25.9 Å². The smallest absolute Gasteiger partial charge is 0.111 e. The summed E-state index contributed by atoms with van der Waals surface area (Å²) in [7, 11) is 0. The Labute approximate surface area is 60.1 Å². The molecule has 0 saturated carbocycles. The molecule has 0 fully saturated rings. The molecule has 2 atom stereocenters. The van der Waals surface area contributed by atoms with Gasteiger partial charge in [-0.2, -0.15) is 0 Å². The number of nitrogens with zero attached hydrogens (tertiary/aromatic N) is 1. The molecule has 0 aromatic carbocycles. The predicted molar refractivity (Wildman–Crippen MR) is 38.7 cm³/mol. The number of aliphatic hydroxyl groups excluding tert-OH is 1. The number of aromatic amines is 1. The van der Waals surface area contributed by atoms with Crippen LogP contribution in [-0.2, 0) is 0 Å². The fourth-order valence-electron chi connectivity index (χ4n) is 0.755. The number of hydrogen-bond donors (Lipinski definition) is 2.